The van der Waals surface area contributed by atoms with Crippen LogP contribution in [0.25, 0.3) is 0 Å². The molecule has 0 aromatic heterocycles. The highest BCUT2D eigenvalue weighted by Crippen LogP contribution is 2.15. The lowest BCUT2D eigenvalue weighted by Crippen LogP contribution is -2.39. The molecular weight excluding hydrogens is 294 g/mol. The summed E-state index contributed by atoms with van der Waals surface area (Å²) in [4.78, 5) is 11.7. The zero-order valence-electron chi connectivity index (χ0n) is 13.6. The molecular formula is C14H27NO5S. The lowest BCUT2D eigenvalue weighted by Gasteiger charge is -2.23. The zero-order valence-corrected chi connectivity index (χ0v) is 14.5. The van der Waals surface area contributed by atoms with Gasteiger partial charge in [-0.25, -0.2) is 4.79 Å². The van der Waals surface area contributed by atoms with Crippen LogP contribution in [0, 0.1) is 5.92 Å². The first kappa shape index (κ1) is 19.9. The quantitative estimate of drug-likeness (QED) is 0.733. The Hall–Kier alpha value is -1.08. The second-order valence-corrected chi connectivity index (χ2v) is 7.82. The Labute approximate surface area is 127 Å². The molecule has 0 spiro atoms. The van der Waals surface area contributed by atoms with Gasteiger partial charge in [-0.05, 0) is 45.6 Å². The summed E-state index contributed by atoms with van der Waals surface area (Å²) in [5, 5.41) is 2.63. The molecule has 0 saturated carbocycles. The molecule has 0 saturated heterocycles. The average Bonchev–Trinajstić information content (AvgIpc) is 2.19. The van der Waals surface area contributed by atoms with Crippen LogP contribution in [0.1, 0.15) is 54.4 Å². The largest absolute Gasteiger partial charge is 0.444 e. The van der Waals surface area contributed by atoms with E-state index in [9.17, 15) is 13.2 Å². The number of allylic oxidation sites excluding steroid dienone is 1. The predicted octanol–water partition coefficient (Wildman–Crippen LogP) is 3.11. The van der Waals surface area contributed by atoms with E-state index in [1.54, 1.807) is 27.7 Å². The molecule has 0 aliphatic carbocycles. The summed E-state index contributed by atoms with van der Waals surface area (Å²) in [6.07, 6.45) is 1.45. The van der Waals surface area contributed by atoms with Crippen LogP contribution >= 0.6 is 0 Å². The Morgan fingerprint density at radius 1 is 1.33 bits per heavy atom. The summed E-state index contributed by atoms with van der Waals surface area (Å²) in [6, 6.07) is -0.517. The molecule has 0 rings (SSSR count). The van der Waals surface area contributed by atoms with Gasteiger partial charge < -0.3 is 10.1 Å². The second-order valence-electron chi connectivity index (χ2n) is 6.34. The number of hydrogen-bond donors (Lipinski definition) is 2. The Balaban J connectivity index is 5.13. The number of nitrogens with one attached hydrogen (secondary N) is 1. The van der Waals surface area contributed by atoms with E-state index >= 15 is 0 Å². The van der Waals surface area contributed by atoms with Crippen molar-refractivity contribution in [2.45, 2.75) is 66.0 Å². The zero-order chi connectivity index (χ0) is 16.8. The Kier molecular flexibility index (Phi) is 7.39. The molecule has 0 bridgehead atoms. The van der Waals surface area contributed by atoms with Crippen molar-refractivity contribution in [3.63, 3.8) is 0 Å². The van der Waals surface area contributed by atoms with Gasteiger partial charge >= 0.3 is 6.09 Å². The van der Waals surface area contributed by atoms with Crippen LogP contribution in [0.3, 0.4) is 0 Å². The summed E-state index contributed by atoms with van der Waals surface area (Å²) in [7, 11) is -4.25. The van der Waals surface area contributed by atoms with Gasteiger partial charge in [0.15, 0.2) is 0 Å². The van der Waals surface area contributed by atoms with Gasteiger partial charge in [-0.15, -0.1) is 0 Å². The molecule has 0 unspecified atom stereocenters. The first-order valence-electron chi connectivity index (χ1n) is 7.02. The first-order chi connectivity index (χ1) is 9.35. The van der Waals surface area contributed by atoms with Crippen LogP contribution in [0.4, 0.5) is 4.79 Å². The Bertz CT molecular complexity index is 474. The van der Waals surface area contributed by atoms with Crippen molar-refractivity contribution in [1.29, 1.82) is 0 Å². The lowest BCUT2D eigenvalue weighted by atomic mass is 10.0. The maximum Gasteiger partial charge on any atom is 0.408 e. The van der Waals surface area contributed by atoms with Crippen molar-refractivity contribution in [1.82, 2.24) is 5.32 Å². The Morgan fingerprint density at radius 2 is 1.86 bits per heavy atom. The normalized spacial score (nSPS) is 15.0. The summed E-state index contributed by atoms with van der Waals surface area (Å²) in [5.74, 6) is 0.237. The molecule has 0 aromatic rings. The smallest absolute Gasteiger partial charge is 0.408 e. The van der Waals surface area contributed by atoms with Gasteiger partial charge in [0, 0.05) is 0 Å². The number of alkyl carbamates (subject to hydrolysis) is 1. The van der Waals surface area contributed by atoms with E-state index in [4.69, 9.17) is 9.29 Å². The van der Waals surface area contributed by atoms with Gasteiger partial charge in [-0.3, -0.25) is 4.55 Å². The summed E-state index contributed by atoms with van der Waals surface area (Å²) in [5.41, 5.74) is -0.632. The van der Waals surface area contributed by atoms with Gasteiger partial charge in [0.05, 0.1) is 10.9 Å². The third-order valence-electron chi connectivity index (χ3n) is 2.49. The number of hydrogen-bond acceptors (Lipinski definition) is 4. The van der Waals surface area contributed by atoms with Crippen LogP contribution in [-0.2, 0) is 14.9 Å². The third-order valence-corrected chi connectivity index (χ3v) is 3.58. The van der Waals surface area contributed by atoms with E-state index in [0.29, 0.717) is 6.42 Å². The molecule has 0 aliphatic rings. The van der Waals surface area contributed by atoms with Crippen molar-refractivity contribution < 1.29 is 22.5 Å². The highest BCUT2D eigenvalue weighted by molar-refractivity contribution is 7.89. The molecule has 0 aliphatic heterocycles. The molecule has 1 amide bonds. The minimum Gasteiger partial charge on any atom is -0.444 e. The predicted molar refractivity (Wildman–Crippen MR) is 82.5 cm³/mol. The van der Waals surface area contributed by atoms with Crippen molar-refractivity contribution in [3.05, 3.63) is 11.0 Å². The summed E-state index contributed by atoms with van der Waals surface area (Å²) < 4.78 is 36.8. The molecule has 1 atom stereocenters. The fraction of sp³-hybridized carbons (Fsp3) is 0.786. The third kappa shape index (κ3) is 9.47. The number of carbonyl (C=O) groups is 1. The van der Waals surface area contributed by atoms with Crippen molar-refractivity contribution in [3.8, 4) is 0 Å². The van der Waals surface area contributed by atoms with Gasteiger partial charge in [-0.2, -0.15) is 8.42 Å². The standard InChI is InChI=1S/C14H27NO5S/c1-7-12(21(17,18)19)9-11(8-10(2)3)15-13(16)20-14(4,5)6/h9-11H,7-8H2,1-6H3,(H,15,16)(H,17,18,19)/t11-/m1/s1. The fourth-order valence-corrected chi connectivity index (χ4v) is 2.45. The van der Waals surface area contributed by atoms with Crippen LogP contribution in [0.2, 0.25) is 0 Å². The number of rotatable bonds is 6. The monoisotopic (exact) mass is 321 g/mol. The maximum absolute atomic E-state index is 11.8. The van der Waals surface area contributed by atoms with Gasteiger partial charge in [0.25, 0.3) is 10.1 Å². The lowest BCUT2D eigenvalue weighted by molar-refractivity contribution is 0.0510. The molecule has 0 fully saturated rings. The minimum absolute atomic E-state index is 0.107. The topological polar surface area (TPSA) is 92.7 Å². The van der Waals surface area contributed by atoms with Crippen LogP contribution in [0.15, 0.2) is 11.0 Å². The van der Waals surface area contributed by atoms with E-state index in [2.05, 4.69) is 5.32 Å². The van der Waals surface area contributed by atoms with E-state index in [1.165, 1.54) is 6.08 Å². The average molecular weight is 321 g/mol. The first-order valence-corrected chi connectivity index (χ1v) is 8.47. The van der Waals surface area contributed by atoms with Crippen molar-refractivity contribution in [2.24, 2.45) is 5.92 Å². The van der Waals surface area contributed by atoms with Gasteiger partial charge in [-0.1, -0.05) is 20.8 Å². The van der Waals surface area contributed by atoms with Crippen LogP contribution in [-0.4, -0.2) is 30.7 Å². The highest BCUT2D eigenvalue weighted by Gasteiger charge is 2.21. The molecule has 7 heteroatoms. The molecule has 2 N–H and O–H groups in total. The molecule has 0 aromatic carbocycles. The minimum atomic E-state index is -4.25. The van der Waals surface area contributed by atoms with E-state index in [0.717, 1.165) is 0 Å². The molecule has 124 valence electrons. The molecule has 0 heterocycles. The number of amides is 1. The SMILES string of the molecule is CCC(=C[C@@H](CC(C)C)NC(=O)OC(C)(C)C)S(=O)(=O)O. The number of ether oxygens (including phenoxy) is 1. The van der Waals surface area contributed by atoms with E-state index < -0.39 is 27.9 Å². The number of carbonyl (C=O) groups excluding carboxylic acids is 1. The Morgan fingerprint density at radius 3 is 2.19 bits per heavy atom. The van der Waals surface area contributed by atoms with E-state index in [-0.39, 0.29) is 17.2 Å². The van der Waals surface area contributed by atoms with E-state index in [1.807, 2.05) is 13.8 Å². The van der Waals surface area contributed by atoms with Crippen molar-refractivity contribution in [2.75, 3.05) is 0 Å². The van der Waals surface area contributed by atoms with Crippen LogP contribution in [0.5, 0.6) is 0 Å². The fourth-order valence-electron chi connectivity index (χ4n) is 1.75. The maximum atomic E-state index is 11.8. The molecule has 6 nitrogen and oxygen atoms in total. The van der Waals surface area contributed by atoms with Gasteiger partial charge in [0.2, 0.25) is 0 Å². The summed E-state index contributed by atoms with van der Waals surface area (Å²) >= 11 is 0. The molecule has 0 radical (unpaired) electrons. The van der Waals surface area contributed by atoms with Crippen LogP contribution < -0.4 is 5.32 Å². The second kappa shape index (κ2) is 7.79. The highest BCUT2D eigenvalue weighted by atomic mass is 32.2. The summed E-state index contributed by atoms with van der Waals surface area (Å²) in [6.45, 7) is 10.8. The van der Waals surface area contributed by atoms with Gasteiger partial charge in [0.1, 0.15) is 5.60 Å². The van der Waals surface area contributed by atoms with Crippen molar-refractivity contribution >= 4 is 16.2 Å². The molecule has 21 heavy (non-hydrogen) atoms.